The molecule has 0 spiro atoms. The van der Waals surface area contributed by atoms with Crippen molar-refractivity contribution in [2.45, 2.75) is 0 Å². The molecule has 0 N–H and O–H groups in total. The Labute approximate surface area is 336 Å². The summed E-state index contributed by atoms with van der Waals surface area (Å²) in [5.74, 6) is 0. The van der Waals surface area contributed by atoms with Gasteiger partial charge in [-0.25, -0.2) is 0 Å². The van der Waals surface area contributed by atoms with E-state index >= 15 is 0 Å². The summed E-state index contributed by atoms with van der Waals surface area (Å²) < 4.78 is 44.9. The van der Waals surface area contributed by atoms with Gasteiger partial charge in [-0.15, -0.1) is 0 Å². The van der Waals surface area contributed by atoms with E-state index in [9.17, 15) is 2.74 Å². The fourth-order valence-electron chi connectivity index (χ4n) is 8.25. The molecule has 3 nitrogen and oxygen atoms in total. The number of furan rings is 1. The Bertz CT molecular complexity index is 3350. The number of rotatable bonds is 7. The third-order valence-electron chi connectivity index (χ3n) is 10.9. The lowest BCUT2D eigenvalue weighted by Gasteiger charge is -2.29. The van der Waals surface area contributed by atoms with Gasteiger partial charge in [-0.2, -0.15) is 0 Å². The van der Waals surface area contributed by atoms with E-state index in [0.717, 1.165) is 83.6 Å². The Balaban J connectivity index is 1.27. The summed E-state index contributed by atoms with van der Waals surface area (Å²) in [4.78, 5) is 2.27. The average Bonchev–Trinajstić information content (AvgIpc) is 3.87. The third kappa shape index (κ3) is 5.60. The van der Waals surface area contributed by atoms with Crippen LogP contribution in [0.25, 0.3) is 82.8 Å². The van der Waals surface area contributed by atoms with Gasteiger partial charge in [0.1, 0.15) is 11.2 Å². The zero-order valence-electron chi connectivity index (χ0n) is 34.8. The molecule has 2 heterocycles. The van der Waals surface area contributed by atoms with Gasteiger partial charge in [0.05, 0.1) is 22.2 Å². The summed E-state index contributed by atoms with van der Waals surface area (Å²) in [7, 11) is 0. The molecule has 0 aliphatic rings. The molecule has 0 atom stereocenters. The average molecular weight is 733 g/mol. The number of nitrogens with zero attached hydrogens (tertiary/aromatic N) is 2. The van der Waals surface area contributed by atoms with Gasteiger partial charge in [0.2, 0.25) is 0 Å². The van der Waals surface area contributed by atoms with Crippen LogP contribution in [0.1, 0.15) is 5.48 Å². The van der Waals surface area contributed by atoms with Crippen LogP contribution in [0.4, 0.5) is 17.1 Å². The van der Waals surface area contributed by atoms with Crippen molar-refractivity contribution in [1.29, 1.82) is 0 Å². The van der Waals surface area contributed by atoms with Gasteiger partial charge in [0.15, 0.2) is 0 Å². The van der Waals surface area contributed by atoms with Crippen molar-refractivity contribution in [2.24, 2.45) is 0 Å². The van der Waals surface area contributed by atoms with Crippen LogP contribution < -0.4 is 4.90 Å². The molecule has 57 heavy (non-hydrogen) atoms. The first-order chi connectivity index (χ1) is 29.9. The Morgan fingerprint density at radius 3 is 1.65 bits per heavy atom. The van der Waals surface area contributed by atoms with Gasteiger partial charge in [-0.3, -0.25) is 0 Å². The van der Waals surface area contributed by atoms with E-state index in [1.54, 1.807) is 0 Å². The Kier molecular flexibility index (Phi) is 6.86. The second kappa shape index (κ2) is 13.6. The molecule has 0 aliphatic carbocycles. The topological polar surface area (TPSA) is 21.3 Å². The lowest BCUT2D eigenvalue weighted by Crippen LogP contribution is -2.11. The fourth-order valence-corrected chi connectivity index (χ4v) is 8.25. The molecule has 0 saturated heterocycles. The van der Waals surface area contributed by atoms with Crippen LogP contribution in [0.2, 0.25) is 0 Å². The first kappa shape index (κ1) is 28.8. The van der Waals surface area contributed by atoms with E-state index in [4.69, 9.17) is 7.16 Å². The van der Waals surface area contributed by atoms with Crippen LogP contribution in [-0.4, -0.2) is 4.57 Å². The highest BCUT2D eigenvalue weighted by molar-refractivity contribution is 6.16. The van der Waals surface area contributed by atoms with Crippen molar-refractivity contribution in [3.8, 4) is 39.1 Å². The van der Waals surface area contributed by atoms with Gasteiger partial charge >= 0.3 is 0 Å². The number of para-hydroxylation sites is 4. The van der Waals surface area contributed by atoms with Crippen molar-refractivity contribution in [3.05, 3.63) is 218 Å². The number of hydrogen-bond acceptors (Lipinski definition) is 2. The maximum Gasteiger partial charge on any atom is 0.143 e. The SMILES string of the molecule is [2H]c1c([2H])c([2H])c2c(c1[2H])c1cc(-c3cccc4c3oc3ccccc34)c(N(c3ccc(-c4ccccc4)cc3)c3ccc(-c4ccccc4)cc3)cc1n2-c1ccccc1. The maximum atomic E-state index is 9.32. The van der Waals surface area contributed by atoms with Crippen LogP contribution in [-0.2, 0) is 0 Å². The van der Waals surface area contributed by atoms with E-state index in [2.05, 4.69) is 114 Å². The second-order valence-corrected chi connectivity index (χ2v) is 14.2. The van der Waals surface area contributed by atoms with Crippen LogP contribution >= 0.6 is 0 Å². The number of anilines is 3. The molecule has 0 saturated carbocycles. The first-order valence-electron chi connectivity index (χ1n) is 21.1. The Morgan fingerprint density at radius 1 is 0.421 bits per heavy atom. The zero-order chi connectivity index (χ0) is 41.2. The molecule has 0 amide bonds. The summed E-state index contributed by atoms with van der Waals surface area (Å²) in [5.41, 5.74) is 12.3. The summed E-state index contributed by atoms with van der Waals surface area (Å²) in [5, 5.41) is 3.16. The summed E-state index contributed by atoms with van der Waals surface area (Å²) >= 11 is 0. The highest BCUT2D eigenvalue weighted by Crippen LogP contribution is 2.48. The van der Waals surface area contributed by atoms with Gasteiger partial charge in [-0.1, -0.05) is 158 Å². The van der Waals surface area contributed by atoms with Gasteiger partial charge in [-0.05, 0) is 82.9 Å². The Hall–Kier alpha value is -7.62. The normalized spacial score (nSPS) is 12.5. The van der Waals surface area contributed by atoms with Crippen molar-refractivity contribution >= 4 is 60.8 Å². The quantitative estimate of drug-likeness (QED) is 0.163. The molecule has 268 valence electrons. The molecule has 11 rings (SSSR count). The second-order valence-electron chi connectivity index (χ2n) is 14.2. The summed E-state index contributed by atoms with van der Waals surface area (Å²) in [6.07, 6.45) is 0. The molecular weight excluding hydrogens is 693 g/mol. The van der Waals surface area contributed by atoms with E-state index in [1.807, 2.05) is 89.5 Å². The zero-order valence-corrected chi connectivity index (χ0v) is 30.8. The fraction of sp³-hybridized carbons (Fsp3) is 0. The smallest absolute Gasteiger partial charge is 0.143 e. The third-order valence-corrected chi connectivity index (χ3v) is 10.9. The van der Waals surface area contributed by atoms with E-state index < -0.39 is 0 Å². The van der Waals surface area contributed by atoms with Crippen LogP contribution in [0.3, 0.4) is 0 Å². The standard InChI is InChI=1S/C54H36N2O/c1-4-15-37(16-5-1)39-27-31-42(32-28-39)55(43-33-29-40(30-34-43)38-17-6-2-7-18-38)51-36-52-48(44-21-10-12-25-50(44)56(52)41-19-8-3-9-20-41)35-49(51)47-24-14-23-46-45-22-11-13-26-53(45)57-54(46)47/h1-36H/i10D,12D,21D,25D. The van der Waals surface area contributed by atoms with E-state index in [0.29, 0.717) is 16.3 Å². The molecule has 0 aliphatic heterocycles. The molecule has 0 fully saturated rings. The van der Waals surface area contributed by atoms with Crippen molar-refractivity contribution in [1.82, 2.24) is 4.57 Å². The Morgan fingerprint density at radius 2 is 0.982 bits per heavy atom. The van der Waals surface area contributed by atoms with Gasteiger partial charge in [0.25, 0.3) is 0 Å². The van der Waals surface area contributed by atoms with Gasteiger partial charge < -0.3 is 13.9 Å². The van der Waals surface area contributed by atoms with Gasteiger partial charge in [0, 0.05) is 49.7 Å². The molecule has 0 unspecified atom stereocenters. The molecular formula is C54H36N2O. The predicted octanol–water partition coefficient (Wildman–Crippen LogP) is 15.2. The highest BCUT2D eigenvalue weighted by Gasteiger charge is 2.24. The van der Waals surface area contributed by atoms with Crippen molar-refractivity contribution in [2.75, 3.05) is 4.90 Å². The number of hydrogen-bond donors (Lipinski definition) is 0. The number of aromatic nitrogens is 1. The van der Waals surface area contributed by atoms with Crippen molar-refractivity contribution < 1.29 is 9.90 Å². The molecule has 11 aromatic rings. The lowest BCUT2D eigenvalue weighted by atomic mass is 9.96. The lowest BCUT2D eigenvalue weighted by molar-refractivity contribution is 0.670. The monoisotopic (exact) mass is 732 g/mol. The largest absolute Gasteiger partial charge is 0.455 e. The van der Waals surface area contributed by atoms with Crippen LogP contribution in [0.5, 0.6) is 0 Å². The number of benzene rings is 9. The summed E-state index contributed by atoms with van der Waals surface area (Å²) in [6, 6.07) is 65.5. The molecule has 3 heteroatoms. The van der Waals surface area contributed by atoms with E-state index in [1.165, 1.54) is 0 Å². The van der Waals surface area contributed by atoms with Crippen molar-refractivity contribution in [3.63, 3.8) is 0 Å². The van der Waals surface area contributed by atoms with Crippen LogP contribution in [0.15, 0.2) is 223 Å². The van der Waals surface area contributed by atoms with Crippen LogP contribution in [0, 0.1) is 0 Å². The molecule has 9 aromatic carbocycles. The van der Waals surface area contributed by atoms with E-state index in [-0.39, 0.29) is 24.2 Å². The molecule has 0 radical (unpaired) electrons. The molecule has 0 bridgehead atoms. The highest BCUT2D eigenvalue weighted by atomic mass is 16.3. The number of fused-ring (bicyclic) bond motifs is 6. The molecule has 2 aromatic heterocycles. The predicted molar refractivity (Wildman–Crippen MR) is 239 cm³/mol. The minimum absolute atomic E-state index is 0.0822. The minimum atomic E-state index is -0.274. The minimum Gasteiger partial charge on any atom is -0.455 e. The maximum absolute atomic E-state index is 9.32. The first-order valence-corrected chi connectivity index (χ1v) is 19.1. The summed E-state index contributed by atoms with van der Waals surface area (Å²) in [6.45, 7) is 0.